The Morgan fingerprint density at radius 3 is 2.23 bits per heavy atom. The van der Waals surface area contributed by atoms with Crippen LogP contribution < -0.4 is 0 Å². The van der Waals surface area contributed by atoms with Gasteiger partial charge in [-0.05, 0) is 127 Å². The lowest BCUT2D eigenvalue weighted by Gasteiger charge is -2.70. The summed E-state index contributed by atoms with van der Waals surface area (Å²) < 4.78 is 6.21. The van der Waals surface area contributed by atoms with Gasteiger partial charge in [0.25, 0.3) is 0 Å². The van der Waals surface area contributed by atoms with E-state index in [0.29, 0.717) is 12.5 Å². The highest BCUT2D eigenvalue weighted by Crippen LogP contribution is 2.76. The van der Waals surface area contributed by atoms with E-state index in [2.05, 4.69) is 58.9 Å². The maximum Gasteiger partial charge on any atom is 0.313 e. The summed E-state index contributed by atoms with van der Waals surface area (Å²) in [5, 5.41) is 10.9. The molecule has 1 N–H and O–H groups in total. The van der Waals surface area contributed by atoms with Crippen molar-refractivity contribution in [1.82, 2.24) is 0 Å². The molecule has 0 radical (unpaired) electrons. The Morgan fingerprint density at radius 2 is 1.54 bits per heavy atom. The monoisotopic (exact) mass is 648 g/mol. The molecule has 5 aliphatic carbocycles. The van der Waals surface area contributed by atoms with Crippen LogP contribution in [0.2, 0.25) is 0 Å². The van der Waals surface area contributed by atoms with Crippen molar-refractivity contribution < 1.29 is 19.4 Å². The molecule has 48 heavy (non-hydrogen) atoms. The molecule has 4 fully saturated rings. The Bertz CT molecular complexity index is 1640. The number of hydrogen-bond acceptors (Lipinski definition) is 4. The van der Waals surface area contributed by atoms with Crippen LogP contribution in [0.15, 0.2) is 77.9 Å². The van der Waals surface area contributed by atoms with Crippen LogP contribution in [0.1, 0.15) is 110 Å². The van der Waals surface area contributed by atoms with Crippen molar-refractivity contribution in [2.45, 2.75) is 106 Å². The van der Waals surface area contributed by atoms with Crippen molar-refractivity contribution in [3.63, 3.8) is 0 Å². The highest BCUT2D eigenvalue weighted by molar-refractivity contribution is 6.04. The van der Waals surface area contributed by atoms with Gasteiger partial charge in [0, 0.05) is 0 Å². The lowest BCUT2D eigenvalue weighted by Crippen LogP contribution is -2.65. The molecule has 256 valence electrons. The fraction of sp³-hybridized carbons (Fsp3) is 0.591. The van der Waals surface area contributed by atoms with Crippen LogP contribution in [0.4, 0.5) is 0 Å². The van der Waals surface area contributed by atoms with Crippen LogP contribution in [0.25, 0.3) is 6.08 Å². The van der Waals surface area contributed by atoms with Crippen LogP contribution in [-0.2, 0) is 20.9 Å². The molecule has 5 aliphatic rings. The predicted molar refractivity (Wildman–Crippen MR) is 191 cm³/mol. The minimum absolute atomic E-state index is 0.00190. The molecule has 4 nitrogen and oxygen atoms in total. The number of esters is 1. The quantitative estimate of drug-likeness (QED) is 0.199. The Labute approximate surface area is 288 Å². The Hall–Kier alpha value is -2.98. The largest absolute Gasteiger partial charge is 0.460 e. The molecule has 7 rings (SSSR count). The van der Waals surface area contributed by atoms with Crippen LogP contribution in [0.5, 0.6) is 0 Å². The molecule has 4 heteroatoms. The summed E-state index contributed by atoms with van der Waals surface area (Å²) in [5.74, 6) is 0.786. The third-order valence-electron chi connectivity index (χ3n) is 15.1. The van der Waals surface area contributed by atoms with E-state index < -0.39 is 10.8 Å². The van der Waals surface area contributed by atoms with Crippen molar-refractivity contribution in [2.75, 3.05) is 6.61 Å². The molecule has 0 bridgehead atoms. The van der Waals surface area contributed by atoms with Crippen molar-refractivity contribution >= 4 is 17.8 Å². The van der Waals surface area contributed by atoms with E-state index in [-0.39, 0.29) is 51.9 Å². The van der Waals surface area contributed by atoms with E-state index in [0.717, 1.165) is 74.5 Å². The van der Waals surface area contributed by atoms with Gasteiger partial charge in [0.2, 0.25) is 0 Å². The number of fused-ring (bicyclic) bond motifs is 7. The molecule has 0 spiro atoms. The van der Waals surface area contributed by atoms with Gasteiger partial charge < -0.3 is 9.84 Å². The van der Waals surface area contributed by atoms with E-state index in [9.17, 15) is 14.7 Å². The first-order chi connectivity index (χ1) is 22.7. The van der Waals surface area contributed by atoms with Gasteiger partial charge in [0.15, 0.2) is 5.78 Å². The molecule has 2 aromatic carbocycles. The molecule has 0 heterocycles. The first kappa shape index (κ1) is 33.5. The first-order valence-electron chi connectivity index (χ1n) is 18.6. The zero-order valence-corrected chi connectivity index (χ0v) is 30.1. The summed E-state index contributed by atoms with van der Waals surface area (Å²) in [6.07, 6.45) is 13.1. The fourth-order valence-electron chi connectivity index (χ4n) is 12.2. The zero-order chi connectivity index (χ0) is 34.2. The predicted octanol–water partition coefficient (Wildman–Crippen LogP) is 9.77. The second-order valence-electron chi connectivity index (χ2n) is 18.1. The second kappa shape index (κ2) is 11.5. The molecule has 8 atom stereocenters. The number of ketones is 1. The smallest absolute Gasteiger partial charge is 0.313 e. The highest BCUT2D eigenvalue weighted by Gasteiger charge is 2.70. The lowest BCUT2D eigenvalue weighted by atomic mass is 9.33. The third kappa shape index (κ3) is 4.86. The normalized spacial score (nSPS) is 40.9. The number of rotatable bonds is 5. The van der Waals surface area contributed by atoms with Gasteiger partial charge in [-0.3, -0.25) is 9.59 Å². The average Bonchev–Trinajstić information content (AvgIpc) is 3.07. The third-order valence-corrected chi connectivity index (χ3v) is 15.1. The number of benzene rings is 2. The van der Waals surface area contributed by atoms with Gasteiger partial charge in [-0.25, -0.2) is 0 Å². The van der Waals surface area contributed by atoms with E-state index in [4.69, 9.17) is 4.74 Å². The number of hydrogen-bond donors (Lipinski definition) is 1. The van der Waals surface area contributed by atoms with E-state index in [1.807, 2.05) is 55.5 Å². The molecule has 0 aliphatic heterocycles. The second-order valence-corrected chi connectivity index (χ2v) is 18.1. The topological polar surface area (TPSA) is 63.6 Å². The van der Waals surface area contributed by atoms with Crippen LogP contribution >= 0.6 is 0 Å². The van der Waals surface area contributed by atoms with E-state index >= 15 is 0 Å². The van der Waals surface area contributed by atoms with E-state index in [1.165, 1.54) is 5.57 Å². The summed E-state index contributed by atoms with van der Waals surface area (Å²) in [6.45, 7) is 14.5. The van der Waals surface area contributed by atoms with Gasteiger partial charge >= 0.3 is 5.97 Å². The molecule has 2 aromatic rings. The molecule has 0 amide bonds. The highest BCUT2D eigenvalue weighted by atomic mass is 16.5. The summed E-state index contributed by atoms with van der Waals surface area (Å²) >= 11 is 0. The SMILES string of the molecule is CC1(C)CC[C@]2(C(=O)OCc3ccccc3)CC[C@]3(C)C(=CC[C@@H]4[C@@]5(C)C/C(=C/c6ccccc6)C(=O)[C@@](C)(CO)[C@@H]5CC[C@]43C)[C@@H]2C1. The maximum atomic E-state index is 14.3. The molecule has 0 saturated heterocycles. The van der Waals surface area contributed by atoms with Crippen molar-refractivity contribution in [3.8, 4) is 0 Å². The first-order valence-corrected chi connectivity index (χ1v) is 18.6. The Kier molecular flexibility index (Phi) is 8.06. The molecular formula is C44H56O4. The Balaban J connectivity index is 1.27. The minimum Gasteiger partial charge on any atom is -0.460 e. The van der Waals surface area contributed by atoms with Crippen LogP contribution in [0, 0.1) is 50.2 Å². The lowest BCUT2D eigenvalue weighted by molar-refractivity contribution is -0.191. The van der Waals surface area contributed by atoms with Gasteiger partial charge in [-0.2, -0.15) is 0 Å². The summed E-state index contributed by atoms with van der Waals surface area (Å²) in [6, 6.07) is 20.3. The summed E-state index contributed by atoms with van der Waals surface area (Å²) in [5.41, 5.74) is 3.17. The fourth-order valence-corrected chi connectivity index (χ4v) is 12.2. The van der Waals surface area contributed by atoms with E-state index in [1.54, 1.807) is 0 Å². The standard InChI is InChI=1S/C44H56O4/c1-39(2)21-23-44(38(47)48-28-31-15-11-8-12-16-31)24-22-42(5)33(34(44)27-39)17-18-36-40(3)26-32(25-30-13-9-7-10-14-30)37(46)41(4,29-45)35(40)19-20-43(36,42)6/h7-17,25,34-36,45H,18-24,26-29H2,1-6H3/b32-25-/t34-,35+,36+,40-,41-,42+,43+,44-/m0/s1. The average molecular weight is 649 g/mol. The molecule has 0 unspecified atom stereocenters. The van der Waals surface area contributed by atoms with Crippen molar-refractivity contribution in [1.29, 1.82) is 0 Å². The molecule has 0 aromatic heterocycles. The number of ether oxygens (including phenoxy) is 1. The van der Waals surface area contributed by atoms with Crippen molar-refractivity contribution in [2.24, 2.45) is 50.2 Å². The summed E-state index contributed by atoms with van der Waals surface area (Å²) in [4.78, 5) is 28.5. The number of aliphatic hydroxyl groups is 1. The number of carbonyl (C=O) groups excluding carboxylic acids is 2. The van der Waals surface area contributed by atoms with Crippen LogP contribution in [-0.4, -0.2) is 23.5 Å². The number of aliphatic hydroxyl groups excluding tert-OH is 1. The number of carbonyl (C=O) groups is 2. The summed E-state index contributed by atoms with van der Waals surface area (Å²) in [7, 11) is 0. The number of allylic oxidation sites excluding steroid dienone is 3. The zero-order valence-electron chi connectivity index (χ0n) is 30.1. The Morgan fingerprint density at radius 1 is 0.875 bits per heavy atom. The van der Waals surface area contributed by atoms with Crippen molar-refractivity contribution in [3.05, 3.63) is 89.0 Å². The minimum atomic E-state index is -0.794. The molecular weight excluding hydrogens is 592 g/mol. The number of Topliss-reactive ketones (excluding diaryl/α,β-unsaturated/α-hetero) is 1. The van der Waals surface area contributed by atoms with Gasteiger partial charge in [-0.15, -0.1) is 0 Å². The van der Waals surface area contributed by atoms with Gasteiger partial charge in [-0.1, -0.05) is 107 Å². The van der Waals surface area contributed by atoms with Crippen LogP contribution in [0.3, 0.4) is 0 Å². The van der Waals surface area contributed by atoms with Gasteiger partial charge in [0.1, 0.15) is 6.61 Å². The molecule has 4 saturated carbocycles. The maximum absolute atomic E-state index is 14.3. The van der Waals surface area contributed by atoms with Gasteiger partial charge in [0.05, 0.1) is 17.4 Å².